The fourth-order valence-corrected chi connectivity index (χ4v) is 2.39. The first kappa shape index (κ1) is 17.1. The van der Waals surface area contributed by atoms with Gasteiger partial charge in [-0.1, -0.05) is 31.5 Å². The average Bonchev–Trinajstić information content (AvgIpc) is 2.92. The van der Waals surface area contributed by atoms with Crippen LogP contribution in [0.15, 0.2) is 18.2 Å². The summed E-state index contributed by atoms with van der Waals surface area (Å²) >= 11 is 5.59. The van der Waals surface area contributed by atoms with Crippen molar-refractivity contribution in [2.75, 3.05) is 5.32 Å². The Labute approximate surface area is 138 Å². The number of nitrogens with zero attached hydrogens (tertiary/aromatic N) is 1. The Morgan fingerprint density at radius 1 is 1.30 bits per heavy atom. The van der Waals surface area contributed by atoms with Crippen molar-refractivity contribution < 1.29 is 14.0 Å². The maximum absolute atomic E-state index is 13.4. The molecule has 0 saturated carbocycles. The standard InChI is InChI=1S/C16H17ClFN3O2/c1-3-10-13(4-2)20-21-15(10)19-16(23)14(22)8-9-5-6-11(17)12(18)7-9/h5-7H,3-4,8H2,1-2H3,(H2,19,20,21,23). The predicted molar refractivity (Wildman–Crippen MR) is 86.1 cm³/mol. The maximum Gasteiger partial charge on any atom is 0.293 e. The van der Waals surface area contributed by atoms with Gasteiger partial charge in [-0.25, -0.2) is 4.39 Å². The highest BCUT2D eigenvalue weighted by atomic mass is 35.5. The molecule has 2 aromatic rings. The summed E-state index contributed by atoms with van der Waals surface area (Å²) in [5, 5.41) is 9.35. The van der Waals surface area contributed by atoms with Crippen molar-refractivity contribution in [2.45, 2.75) is 33.1 Å². The molecule has 2 rings (SSSR count). The van der Waals surface area contributed by atoms with Gasteiger partial charge in [-0.15, -0.1) is 0 Å². The van der Waals surface area contributed by atoms with E-state index in [9.17, 15) is 14.0 Å². The summed E-state index contributed by atoms with van der Waals surface area (Å²) in [6.45, 7) is 3.91. The van der Waals surface area contributed by atoms with Crippen LogP contribution in [0.2, 0.25) is 5.02 Å². The Balaban J connectivity index is 2.07. The van der Waals surface area contributed by atoms with E-state index in [0.717, 1.165) is 23.7 Å². The molecular formula is C16H17ClFN3O2. The summed E-state index contributed by atoms with van der Waals surface area (Å²) in [7, 11) is 0. The second-order valence-corrected chi connectivity index (χ2v) is 5.45. The van der Waals surface area contributed by atoms with Crippen LogP contribution in [-0.2, 0) is 28.9 Å². The lowest BCUT2D eigenvalue weighted by molar-refractivity contribution is -0.134. The Morgan fingerprint density at radius 3 is 2.65 bits per heavy atom. The summed E-state index contributed by atoms with van der Waals surface area (Å²) in [6, 6.07) is 4.01. The Kier molecular flexibility index (Phi) is 5.50. The number of anilines is 1. The van der Waals surface area contributed by atoms with E-state index in [1.54, 1.807) is 0 Å². The van der Waals surface area contributed by atoms with Gasteiger partial charge in [0.2, 0.25) is 5.78 Å². The molecule has 122 valence electrons. The fourth-order valence-electron chi connectivity index (χ4n) is 2.27. The lowest BCUT2D eigenvalue weighted by Crippen LogP contribution is -2.25. The number of nitrogens with one attached hydrogen (secondary N) is 2. The second kappa shape index (κ2) is 7.37. The number of hydrogen-bond acceptors (Lipinski definition) is 3. The molecule has 7 heteroatoms. The van der Waals surface area contributed by atoms with E-state index in [2.05, 4.69) is 15.5 Å². The number of amides is 1. The molecule has 23 heavy (non-hydrogen) atoms. The molecule has 1 heterocycles. The third-order valence-electron chi connectivity index (χ3n) is 3.49. The van der Waals surface area contributed by atoms with Gasteiger partial charge in [0.1, 0.15) is 5.82 Å². The molecule has 0 saturated heterocycles. The predicted octanol–water partition coefficient (Wildman–Crippen LogP) is 3.08. The molecule has 1 aromatic heterocycles. The Bertz CT molecular complexity index is 743. The summed E-state index contributed by atoms with van der Waals surface area (Å²) in [6.07, 6.45) is 1.24. The number of carbonyl (C=O) groups excluding carboxylic acids is 2. The summed E-state index contributed by atoms with van der Waals surface area (Å²) < 4.78 is 13.4. The third-order valence-corrected chi connectivity index (χ3v) is 3.80. The van der Waals surface area contributed by atoms with E-state index >= 15 is 0 Å². The van der Waals surface area contributed by atoms with E-state index < -0.39 is 17.5 Å². The van der Waals surface area contributed by atoms with Crippen LogP contribution in [0.1, 0.15) is 30.7 Å². The van der Waals surface area contributed by atoms with Crippen LogP contribution in [0, 0.1) is 5.82 Å². The van der Waals surface area contributed by atoms with Crippen LogP contribution < -0.4 is 5.32 Å². The molecule has 0 aliphatic rings. The minimum absolute atomic E-state index is 0.0261. The van der Waals surface area contributed by atoms with E-state index in [1.165, 1.54) is 12.1 Å². The molecule has 0 aliphatic carbocycles. The van der Waals surface area contributed by atoms with Crippen molar-refractivity contribution in [3.05, 3.63) is 45.9 Å². The molecule has 0 bridgehead atoms. The minimum Gasteiger partial charge on any atom is -0.302 e. The average molecular weight is 338 g/mol. The van der Waals surface area contributed by atoms with Crippen LogP contribution in [0.3, 0.4) is 0 Å². The van der Waals surface area contributed by atoms with Gasteiger partial charge >= 0.3 is 0 Å². The first-order valence-corrected chi connectivity index (χ1v) is 7.68. The van der Waals surface area contributed by atoms with Crippen LogP contribution in [-0.4, -0.2) is 21.9 Å². The van der Waals surface area contributed by atoms with Gasteiger partial charge in [-0.2, -0.15) is 5.10 Å². The zero-order valence-corrected chi connectivity index (χ0v) is 13.6. The normalized spacial score (nSPS) is 10.6. The minimum atomic E-state index is -0.774. The smallest absolute Gasteiger partial charge is 0.293 e. The number of Topliss-reactive ketones (excluding diaryl/α,β-unsaturated/α-hetero) is 1. The van der Waals surface area contributed by atoms with Crippen molar-refractivity contribution in [3.8, 4) is 0 Å². The van der Waals surface area contributed by atoms with Crippen molar-refractivity contribution in [2.24, 2.45) is 0 Å². The number of aromatic nitrogens is 2. The third kappa shape index (κ3) is 3.96. The maximum atomic E-state index is 13.4. The van der Waals surface area contributed by atoms with Crippen molar-refractivity contribution in [3.63, 3.8) is 0 Å². The summed E-state index contributed by atoms with van der Waals surface area (Å²) in [5.41, 5.74) is 2.19. The van der Waals surface area contributed by atoms with Gasteiger partial charge < -0.3 is 5.32 Å². The number of benzene rings is 1. The van der Waals surface area contributed by atoms with E-state index in [0.29, 0.717) is 17.8 Å². The molecule has 0 spiro atoms. The molecular weight excluding hydrogens is 321 g/mol. The molecule has 0 aliphatic heterocycles. The second-order valence-electron chi connectivity index (χ2n) is 5.04. The van der Waals surface area contributed by atoms with Gasteiger partial charge in [-0.05, 0) is 30.5 Å². The number of aromatic amines is 1. The molecule has 2 N–H and O–H groups in total. The van der Waals surface area contributed by atoms with Crippen LogP contribution in [0.4, 0.5) is 10.2 Å². The number of halogens is 2. The number of hydrogen-bond donors (Lipinski definition) is 2. The number of aryl methyl sites for hydroxylation is 1. The largest absolute Gasteiger partial charge is 0.302 e. The highest BCUT2D eigenvalue weighted by molar-refractivity contribution is 6.41. The van der Waals surface area contributed by atoms with Gasteiger partial charge in [0.25, 0.3) is 5.91 Å². The van der Waals surface area contributed by atoms with Crippen molar-refractivity contribution >= 4 is 29.1 Å². The number of rotatable bonds is 6. The first-order chi connectivity index (χ1) is 11.0. The van der Waals surface area contributed by atoms with E-state index in [-0.39, 0.29) is 11.4 Å². The Morgan fingerprint density at radius 2 is 2.04 bits per heavy atom. The molecule has 0 atom stereocenters. The zero-order chi connectivity index (χ0) is 17.0. The molecule has 1 aromatic carbocycles. The molecule has 0 fully saturated rings. The van der Waals surface area contributed by atoms with Crippen molar-refractivity contribution in [1.82, 2.24) is 10.2 Å². The van der Waals surface area contributed by atoms with Crippen molar-refractivity contribution in [1.29, 1.82) is 0 Å². The summed E-state index contributed by atoms with van der Waals surface area (Å²) in [5.74, 6) is -1.70. The topological polar surface area (TPSA) is 74.8 Å². The highest BCUT2D eigenvalue weighted by Crippen LogP contribution is 2.19. The molecule has 5 nitrogen and oxygen atoms in total. The number of carbonyl (C=O) groups is 2. The van der Waals surface area contributed by atoms with Gasteiger partial charge in [-0.3, -0.25) is 14.7 Å². The molecule has 0 unspecified atom stereocenters. The first-order valence-electron chi connectivity index (χ1n) is 7.30. The lowest BCUT2D eigenvalue weighted by Gasteiger charge is -2.05. The van der Waals surface area contributed by atoms with Gasteiger partial charge in [0.15, 0.2) is 5.82 Å². The molecule has 1 amide bonds. The monoisotopic (exact) mass is 337 g/mol. The van der Waals surface area contributed by atoms with Crippen LogP contribution in [0.25, 0.3) is 0 Å². The fraction of sp³-hybridized carbons (Fsp3) is 0.312. The van der Waals surface area contributed by atoms with Gasteiger partial charge in [0, 0.05) is 17.7 Å². The van der Waals surface area contributed by atoms with Crippen LogP contribution >= 0.6 is 11.6 Å². The van der Waals surface area contributed by atoms with E-state index in [4.69, 9.17) is 11.6 Å². The molecule has 0 radical (unpaired) electrons. The van der Waals surface area contributed by atoms with Crippen LogP contribution in [0.5, 0.6) is 0 Å². The Hall–Kier alpha value is -2.21. The zero-order valence-electron chi connectivity index (χ0n) is 12.9. The SMILES string of the molecule is CCc1[nH]nc(NC(=O)C(=O)Cc2ccc(Cl)c(F)c2)c1CC. The highest BCUT2D eigenvalue weighted by Gasteiger charge is 2.19. The summed E-state index contributed by atoms with van der Waals surface area (Å²) in [4.78, 5) is 24.0. The number of H-pyrrole nitrogens is 1. The number of ketones is 1. The lowest BCUT2D eigenvalue weighted by atomic mass is 10.1. The quantitative estimate of drug-likeness (QED) is 0.795. The van der Waals surface area contributed by atoms with Gasteiger partial charge in [0.05, 0.1) is 5.02 Å². The van der Waals surface area contributed by atoms with E-state index in [1.807, 2.05) is 13.8 Å².